The van der Waals surface area contributed by atoms with Gasteiger partial charge in [0, 0.05) is 32.0 Å². The molecule has 6 nitrogen and oxygen atoms in total. The molecular formula is C14H17F3N2O4S. The van der Waals surface area contributed by atoms with Crippen LogP contribution in [0.1, 0.15) is 12.8 Å². The van der Waals surface area contributed by atoms with Crippen molar-refractivity contribution in [3.8, 4) is 5.88 Å². The predicted molar refractivity (Wildman–Crippen MR) is 77.7 cm³/mol. The van der Waals surface area contributed by atoms with Gasteiger partial charge in [0.25, 0.3) is 0 Å². The summed E-state index contributed by atoms with van der Waals surface area (Å²) in [5, 5.41) is 0. The van der Waals surface area contributed by atoms with Crippen LogP contribution in [0.4, 0.5) is 13.2 Å². The molecule has 0 saturated carbocycles. The van der Waals surface area contributed by atoms with Crippen molar-refractivity contribution in [3.05, 3.63) is 24.4 Å². The average molecular weight is 366 g/mol. The molecule has 0 unspecified atom stereocenters. The van der Waals surface area contributed by atoms with Gasteiger partial charge in [0.2, 0.25) is 5.88 Å². The topological polar surface area (TPSA) is 68.7 Å². The fourth-order valence-electron chi connectivity index (χ4n) is 3.15. The van der Waals surface area contributed by atoms with Crippen LogP contribution in [0, 0.1) is 5.92 Å². The highest BCUT2D eigenvalue weighted by Gasteiger charge is 2.61. The van der Waals surface area contributed by atoms with Crippen molar-refractivity contribution in [3.63, 3.8) is 0 Å². The third-order valence-electron chi connectivity index (χ3n) is 4.47. The summed E-state index contributed by atoms with van der Waals surface area (Å²) >= 11 is 0. The van der Waals surface area contributed by atoms with Crippen LogP contribution in [-0.4, -0.2) is 55.1 Å². The minimum absolute atomic E-state index is 0.0408. The standard InChI is InChI=1S/C14H17F3N2O4S/c15-14(16,17)24(20,21)19-9-13(10-19)11(5-8-23-13)4-7-22-12-3-1-2-6-18-12/h1-3,6,11H,4-5,7-10H2/t11-/m0/s1. The molecule has 2 aliphatic rings. The lowest BCUT2D eigenvalue weighted by molar-refractivity contribution is -0.114. The Morgan fingerprint density at radius 2 is 2.12 bits per heavy atom. The van der Waals surface area contributed by atoms with Gasteiger partial charge in [0.1, 0.15) is 0 Å². The first-order valence-electron chi connectivity index (χ1n) is 7.49. The van der Waals surface area contributed by atoms with Crippen molar-refractivity contribution in [1.29, 1.82) is 0 Å². The van der Waals surface area contributed by atoms with Crippen LogP contribution in [0.15, 0.2) is 24.4 Å². The van der Waals surface area contributed by atoms with E-state index in [-0.39, 0.29) is 19.0 Å². The Kier molecular flexibility index (Phi) is 4.47. The van der Waals surface area contributed by atoms with E-state index in [1.165, 1.54) is 0 Å². The molecule has 1 spiro atoms. The van der Waals surface area contributed by atoms with Gasteiger partial charge < -0.3 is 9.47 Å². The van der Waals surface area contributed by atoms with Gasteiger partial charge >= 0.3 is 15.5 Å². The molecular weight excluding hydrogens is 349 g/mol. The monoisotopic (exact) mass is 366 g/mol. The molecule has 0 amide bonds. The quantitative estimate of drug-likeness (QED) is 0.795. The predicted octanol–water partition coefficient (Wildman–Crippen LogP) is 1.79. The highest BCUT2D eigenvalue weighted by Crippen LogP contribution is 2.44. The Morgan fingerprint density at radius 3 is 2.75 bits per heavy atom. The van der Waals surface area contributed by atoms with Crippen LogP contribution >= 0.6 is 0 Å². The molecule has 2 aliphatic heterocycles. The zero-order valence-electron chi connectivity index (χ0n) is 12.7. The second-order valence-corrected chi connectivity index (χ2v) is 7.85. The van der Waals surface area contributed by atoms with Crippen molar-refractivity contribution in [2.75, 3.05) is 26.3 Å². The Bertz CT molecular complexity index is 675. The average Bonchev–Trinajstić information content (AvgIpc) is 2.89. The van der Waals surface area contributed by atoms with Gasteiger partial charge in [0.05, 0.1) is 12.2 Å². The first-order chi connectivity index (χ1) is 11.2. The lowest BCUT2D eigenvalue weighted by Gasteiger charge is -2.49. The molecule has 2 saturated heterocycles. The number of rotatable bonds is 5. The minimum Gasteiger partial charge on any atom is -0.478 e. The number of pyridine rings is 1. The van der Waals surface area contributed by atoms with Gasteiger partial charge in [-0.1, -0.05) is 6.07 Å². The fraction of sp³-hybridized carbons (Fsp3) is 0.643. The second kappa shape index (κ2) is 6.16. The number of sulfonamides is 1. The lowest BCUT2D eigenvalue weighted by atomic mass is 9.80. The smallest absolute Gasteiger partial charge is 0.478 e. The molecule has 0 aromatic carbocycles. The first kappa shape index (κ1) is 17.4. The van der Waals surface area contributed by atoms with Crippen LogP contribution in [0.25, 0.3) is 0 Å². The molecule has 2 fully saturated rings. The van der Waals surface area contributed by atoms with E-state index in [1.807, 2.05) is 0 Å². The molecule has 0 N–H and O–H groups in total. The SMILES string of the molecule is O=S(=O)(N1CC2(C1)OCC[C@@H]2CCOc1ccccn1)C(F)(F)F. The van der Waals surface area contributed by atoms with Crippen LogP contribution in [0.3, 0.4) is 0 Å². The third kappa shape index (κ3) is 3.09. The molecule has 0 radical (unpaired) electrons. The Hall–Kier alpha value is -1.39. The van der Waals surface area contributed by atoms with E-state index in [1.54, 1.807) is 24.4 Å². The summed E-state index contributed by atoms with van der Waals surface area (Å²) < 4.78 is 72.0. The zero-order chi connectivity index (χ0) is 17.4. The molecule has 10 heteroatoms. The van der Waals surface area contributed by atoms with Gasteiger partial charge in [-0.3, -0.25) is 0 Å². The second-order valence-electron chi connectivity index (χ2n) is 5.92. The maximum atomic E-state index is 12.6. The highest BCUT2D eigenvalue weighted by atomic mass is 32.2. The Labute approximate surface area is 137 Å². The Morgan fingerprint density at radius 1 is 1.38 bits per heavy atom. The molecule has 0 bridgehead atoms. The van der Waals surface area contributed by atoms with E-state index in [2.05, 4.69) is 4.98 Å². The van der Waals surface area contributed by atoms with Gasteiger partial charge in [-0.25, -0.2) is 13.4 Å². The van der Waals surface area contributed by atoms with E-state index in [0.29, 0.717) is 36.2 Å². The maximum absolute atomic E-state index is 12.6. The molecule has 1 aromatic rings. The number of hydrogen-bond donors (Lipinski definition) is 0. The summed E-state index contributed by atoms with van der Waals surface area (Å²) in [7, 11) is -5.28. The van der Waals surface area contributed by atoms with Crippen molar-refractivity contribution >= 4 is 10.0 Å². The van der Waals surface area contributed by atoms with E-state index in [4.69, 9.17) is 9.47 Å². The van der Waals surface area contributed by atoms with Crippen molar-refractivity contribution in [2.45, 2.75) is 24.0 Å². The van der Waals surface area contributed by atoms with Gasteiger partial charge in [-0.15, -0.1) is 0 Å². The third-order valence-corrected chi connectivity index (χ3v) is 6.00. The highest BCUT2D eigenvalue weighted by molar-refractivity contribution is 7.90. The summed E-state index contributed by atoms with van der Waals surface area (Å²) in [4.78, 5) is 4.02. The van der Waals surface area contributed by atoms with Crippen molar-refractivity contribution in [2.24, 2.45) is 5.92 Å². The number of aromatic nitrogens is 1. The maximum Gasteiger partial charge on any atom is 0.511 e. The number of ether oxygens (including phenoxy) is 2. The normalized spacial score (nSPS) is 24.0. The number of halogens is 3. The number of nitrogens with zero attached hydrogens (tertiary/aromatic N) is 2. The van der Waals surface area contributed by atoms with Crippen LogP contribution in [0.2, 0.25) is 0 Å². The summed E-state index contributed by atoms with van der Waals surface area (Å²) in [6.45, 7) is 0.235. The Balaban J connectivity index is 1.55. The van der Waals surface area contributed by atoms with E-state index < -0.39 is 21.1 Å². The van der Waals surface area contributed by atoms with Gasteiger partial charge in [0.15, 0.2) is 0 Å². The van der Waals surface area contributed by atoms with E-state index >= 15 is 0 Å². The molecule has 1 aromatic heterocycles. The van der Waals surface area contributed by atoms with Gasteiger partial charge in [-0.2, -0.15) is 17.5 Å². The van der Waals surface area contributed by atoms with Crippen molar-refractivity contribution < 1.29 is 31.1 Å². The van der Waals surface area contributed by atoms with Crippen LogP contribution < -0.4 is 4.74 Å². The van der Waals surface area contributed by atoms with E-state index in [9.17, 15) is 21.6 Å². The summed E-state index contributed by atoms with van der Waals surface area (Å²) in [6.07, 6.45) is 2.84. The lowest BCUT2D eigenvalue weighted by Crippen LogP contribution is -2.67. The van der Waals surface area contributed by atoms with Crippen molar-refractivity contribution in [1.82, 2.24) is 9.29 Å². The largest absolute Gasteiger partial charge is 0.511 e. The molecule has 3 rings (SSSR count). The summed E-state index contributed by atoms with van der Waals surface area (Å²) in [6, 6.07) is 5.26. The summed E-state index contributed by atoms with van der Waals surface area (Å²) in [5.74, 6) is 0.432. The zero-order valence-corrected chi connectivity index (χ0v) is 13.5. The molecule has 0 aliphatic carbocycles. The molecule has 3 heterocycles. The number of hydrogen-bond acceptors (Lipinski definition) is 5. The molecule has 1 atom stereocenters. The van der Waals surface area contributed by atoms with E-state index in [0.717, 1.165) is 0 Å². The van der Waals surface area contributed by atoms with Gasteiger partial charge in [-0.05, 0) is 24.8 Å². The molecule has 24 heavy (non-hydrogen) atoms. The number of alkyl halides is 3. The van der Waals surface area contributed by atoms with Crippen LogP contribution in [-0.2, 0) is 14.8 Å². The summed E-state index contributed by atoms with van der Waals surface area (Å²) in [5.41, 5.74) is -6.10. The fourth-order valence-corrected chi connectivity index (χ4v) is 4.22. The minimum atomic E-state index is -5.28. The molecule has 134 valence electrons. The van der Waals surface area contributed by atoms with Crippen LogP contribution in [0.5, 0.6) is 5.88 Å². The first-order valence-corrected chi connectivity index (χ1v) is 8.93.